The number of nitrogens with zero attached hydrogens (tertiary/aromatic N) is 2. The van der Waals surface area contributed by atoms with Gasteiger partial charge in [-0.1, -0.05) is 18.2 Å². The van der Waals surface area contributed by atoms with Crippen molar-refractivity contribution >= 4 is 11.4 Å². The highest BCUT2D eigenvalue weighted by atomic mass is 15.2. The van der Waals surface area contributed by atoms with Crippen molar-refractivity contribution < 1.29 is 0 Å². The number of hydrogen-bond acceptors (Lipinski definition) is 2. The molecule has 3 nitrogen and oxygen atoms in total. The van der Waals surface area contributed by atoms with Gasteiger partial charge in [0.15, 0.2) is 0 Å². The van der Waals surface area contributed by atoms with Gasteiger partial charge >= 0.3 is 0 Å². The number of hydrogen-bond donors (Lipinski definition) is 1. The van der Waals surface area contributed by atoms with Crippen LogP contribution in [0.4, 0.5) is 11.4 Å². The third-order valence-corrected chi connectivity index (χ3v) is 3.73. The lowest BCUT2D eigenvalue weighted by Crippen LogP contribution is -2.25. The van der Waals surface area contributed by atoms with Crippen molar-refractivity contribution in [3.05, 3.63) is 35.7 Å². The molecule has 2 heterocycles. The number of fused-ring (bicyclic) bond motifs is 1. The number of benzene rings is 1. The van der Waals surface area contributed by atoms with E-state index in [0.717, 1.165) is 49.4 Å². The Bertz CT molecular complexity index is 423. The average molecular weight is 213 g/mol. The molecular weight excluding hydrogens is 198 g/mol. The Morgan fingerprint density at radius 3 is 2.56 bits per heavy atom. The predicted octanol–water partition coefficient (Wildman–Crippen LogP) is 1.89. The van der Waals surface area contributed by atoms with E-state index in [-0.39, 0.29) is 0 Å². The fourth-order valence-corrected chi connectivity index (χ4v) is 2.88. The molecule has 0 saturated carbocycles. The Kier molecular flexibility index (Phi) is 2.30. The minimum atomic E-state index is 0.777. The summed E-state index contributed by atoms with van der Waals surface area (Å²) in [5.41, 5.74) is 1.90. The van der Waals surface area contributed by atoms with Gasteiger partial charge in [-0.25, -0.2) is 4.85 Å². The molecule has 3 rings (SSSR count). The lowest BCUT2D eigenvalue weighted by Gasteiger charge is -2.21. The molecule has 2 aliphatic heterocycles. The summed E-state index contributed by atoms with van der Waals surface area (Å²) < 4.78 is 0. The maximum Gasteiger partial charge on any atom is 0.209 e. The van der Waals surface area contributed by atoms with Crippen LogP contribution in [0.15, 0.2) is 24.3 Å². The van der Waals surface area contributed by atoms with Crippen LogP contribution in [-0.2, 0) is 0 Å². The molecule has 2 fully saturated rings. The highest BCUT2D eigenvalue weighted by molar-refractivity contribution is 5.71. The summed E-state index contributed by atoms with van der Waals surface area (Å²) >= 11 is 0. The molecule has 2 atom stereocenters. The minimum Gasteiger partial charge on any atom is -0.380 e. The number of para-hydroxylation sites is 2. The molecule has 0 aromatic heterocycles. The molecule has 0 radical (unpaired) electrons. The lowest BCUT2D eigenvalue weighted by atomic mass is 10.0. The van der Waals surface area contributed by atoms with Crippen LogP contribution >= 0.6 is 0 Å². The van der Waals surface area contributed by atoms with Crippen molar-refractivity contribution in [2.24, 2.45) is 11.8 Å². The molecule has 1 aromatic rings. The molecule has 0 aliphatic carbocycles. The molecule has 3 heteroatoms. The number of anilines is 1. The summed E-state index contributed by atoms with van der Waals surface area (Å²) in [6.45, 7) is 11.7. The highest BCUT2D eigenvalue weighted by Crippen LogP contribution is 2.35. The van der Waals surface area contributed by atoms with Crippen LogP contribution in [-0.4, -0.2) is 26.2 Å². The first-order valence-electron chi connectivity index (χ1n) is 5.80. The van der Waals surface area contributed by atoms with Crippen LogP contribution in [0.1, 0.15) is 0 Å². The number of nitrogens with one attached hydrogen (secondary N) is 1. The van der Waals surface area contributed by atoms with E-state index >= 15 is 0 Å². The normalized spacial score (nSPS) is 27.8. The van der Waals surface area contributed by atoms with Crippen molar-refractivity contribution in [2.45, 2.75) is 0 Å². The largest absolute Gasteiger partial charge is 0.380 e. The summed E-state index contributed by atoms with van der Waals surface area (Å²) in [4.78, 5) is 5.98. The van der Waals surface area contributed by atoms with Crippen LogP contribution in [0.2, 0.25) is 0 Å². The Labute approximate surface area is 95.9 Å². The monoisotopic (exact) mass is 213 g/mol. The van der Waals surface area contributed by atoms with E-state index in [9.17, 15) is 0 Å². The van der Waals surface area contributed by atoms with Crippen LogP contribution in [0.25, 0.3) is 4.85 Å². The van der Waals surface area contributed by atoms with Crippen molar-refractivity contribution in [1.82, 2.24) is 5.32 Å². The second kappa shape index (κ2) is 3.80. The van der Waals surface area contributed by atoms with E-state index in [2.05, 4.69) is 21.1 Å². The van der Waals surface area contributed by atoms with Crippen LogP contribution in [0, 0.1) is 18.4 Å². The molecular formula is C13H15N3. The zero-order valence-corrected chi connectivity index (χ0v) is 9.19. The third kappa shape index (κ3) is 1.46. The zero-order chi connectivity index (χ0) is 11.0. The van der Waals surface area contributed by atoms with Gasteiger partial charge in [0, 0.05) is 31.9 Å². The predicted molar refractivity (Wildman–Crippen MR) is 64.8 cm³/mol. The van der Waals surface area contributed by atoms with Crippen molar-refractivity contribution in [2.75, 3.05) is 31.1 Å². The first-order valence-corrected chi connectivity index (χ1v) is 5.80. The third-order valence-electron chi connectivity index (χ3n) is 3.73. The Balaban J connectivity index is 1.86. The fourth-order valence-electron chi connectivity index (χ4n) is 2.88. The zero-order valence-electron chi connectivity index (χ0n) is 9.19. The van der Waals surface area contributed by atoms with Gasteiger partial charge in [0.05, 0.1) is 6.57 Å². The Hall–Kier alpha value is -1.53. The smallest absolute Gasteiger partial charge is 0.209 e. The fraction of sp³-hybridized carbons (Fsp3) is 0.462. The van der Waals surface area contributed by atoms with Crippen LogP contribution in [0.3, 0.4) is 0 Å². The summed E-state index contributed by atoms with van der Waals surface area (Å²) in [7, 11) is 0. The molecule has 1 N–H and O–H groups in total. The van der Waals surface area contributed by atoms with Crippen molar-refractivity contribution in [3.8, 4) is 0 Å². The van der Waals surface area contributed by atoms with Crippen molar-refractivity contribution in [1.29, 1.82) is 0 Å². The van der Waals surface area contributed by atoms with E-state index in [1.165, 1.54) is 0 Å². The standard InChI is InChI=1S/C13H15N3/c1-14-12-4-2-3-5-13(12)16-8-10-6-15-7-11(10)9-16/h2-5,10-11,15H,6-9H2. The maximum atomic E-state index is 7.19. The van der Waals surface area contributed by atoms with Gasteiger partial charge in [-0.3, -0.25) is 0 Å². The quantitative estimate of drug-likeness (QED) is 0.719. The van der Waals surface area contributed by atoms with Crippen LogP contribution in [0.5, 0.6) is 0 Å². The van der Waals surface area contributed by atoms with Gasteiger partial charge < -0.3 is 10.2 Å². The Morgan fingerprint density at radius 1 is 1.19 bits per heavy atom. The van der Waals surface area contributed by atoms with E-state index in [1.54, 1.807) is 0 Å². The summed E-state index contributed by atoms with van der Waals surface area (Å²) in [5, 5.41) is 3.44. The van der Waals surface area contributed by atoms with Gasteiger partial charge in [0.25, 0.3) is 0 Å². The Morgan fingerprint density at radius 2 is 1.88 bits per heavy atom. The molecule has 0 bridgehead atoms. The topological polar surface area (TPSA) is 19.6 Å². The molecule has 2 saturated heterocycles. The van der Waals surface area contributed by atoms with Gasteiger partial charge in [-0.05, 0) is 17.9 Å². The first kappa shape index (κ1) is 9.68. The van der Waals surface area contributed by atoms with E-state index in [1.807, 2.05) is 18.2 Å². The van der Waals surface area contributed by atoms with E-state index in [4.69, 9.17) is 6.57 Å². The van der Waals surface area contributed by atoms with Gasteiger partial charge in [0.2, 0.25) is 5.69 Å². The van der Waals surface area contributed by atoms with Gasteiger partial charge in [0.1, 0.15) is 0 Å². The lowest BCUT2D eigenvalue weighted by molar-refractivity contribution is 0.533. The highest BCUT2D eigenvalue weighted by Gasteiger charge is 2.36. The van der Waals surface area contributed by atoms with Crippen LogP contribution < -0.4 is 10.2 Å². The van der Waals surface area contributed by atoms with Gasteiger partial charge in [-0.2, -0.15) is 0 Å². The molecule has 16 heavy (non-hydrogen) atoms. The van der Waals surface area contributed by atoms with E-state index in [0.29, 0.717) is 0 Å². The molecule has 1 aromatic carbocycles. The average Bonchev–Trinajstić information content (AvgIpc) is 2.89. The van der Waals surface area contributed by atoms with Gasteiger partial charge in [-0.15, -0.1) is 0 Å². The minimum absolute atomic E-state index is 0.777. The number of rotatable bonds is 1. The molecule has 0 amide bonds. The molecule has 2 unspecified atom stereocenters. The SMILES string of the molecule is [C-]#[N+]c1ccccc1N1CC2CNCC2C1. The summed E-state index contributed by atoms with van der Waals surface area (Å²) in [5.74, 6) is 1.55. The molecule has 82 valence electrons. The second-order valence-corrected chi connectivity index (χ2v) is 4.68. The first-order chi connectivity index (χ1) is 7.88. The second-order valence-electron chi connectivity index (χ2n) is 4.68. The van der Waals surface area contributed by atoms with Crippen molar-refractivity contribution in [3.63, 3.8) is 0 Å². The summed E-state index contributed by atoms with van der Waals surface area (Å²) in [6, 6.07) is 7.95. The molecule has 2 aliphatic rings. The molecule has 0 spiro atoms. The summed E-state index contributed by atoms with van der Waals surface area (Å²) in [6.07, 6.45) is 0. The van der Waals surface area contributed by atoms with E-state index < -0.39 is 0 Å². The maximum absolute atomic E-state index is 7.19.